The Hall–Kier alpha value is -3.24. The van der Waals surface area contributed by atoms with Crippen LogP contribution in [0.5, 0.6) is 5.75 Å². The van der Waals surface area contributed by atoms with Gasteiger partial charge in [-0.05, 0) is 62.5 Å². The number of aromatic carboxylic acids is 1. The Balaban J connectivity index is 1.71. The number of carboxylic acid groups (broad SMARTS) is 1. The molecule has 1 fully saturated rings. The second-order valence-electron chi connectivity index (χ2n) is 8.19. The lowest BCUT2D eigenvalue weighted by Gasteiger charge is -2.17. The van der Waals surface area contributed by atoms with E-state index in [9.17, 15) is 14.7 Å². The number of rotatable bonds is 5. The van der Waals surface area contributed by atoms with Crippen molar-refractivity contribution in [2.24, 2.45) is 10.8 Å². The van der Waals surface area contributed by atoms with Crippen molar-refractivity contribution in [2.45, 2.75) is 38.1 Å². The lowest BCUT2D eigenvalue weighted by atomic mass is 9.96. The third kappa shape index (κ3) is 3.79. The summed E-state index contributed by atoms with van der Waals surface area (Å²) in [5, 5.41) is 14.4. The number of carbonyl (C=O) groups is 1. The molecule has 8 nitrogen and oxygen atoms in total. The van der Waals surface area contributed by atoms with Crippen molar-refractivity contribution in [2.75, 3.05) is 7.11 Å². The first-order chi connectivity index (χ1) is 15.9. The molecule has 0 spiro atoms. The van der Waals surface area contributed by atoms with Gasteiger partial charge in [0.1, 0.15) is 5.56 Å². The highest BCUT2D eigenvalue weighted by atomic mass is 32.1. The molecule has 2 aliphatic rings. The zero-order chi connectivity index (χ0) is 23.3. The zero-order valence-electron chi connectivity index (χ0n) is 17.9. The molecule has 0 atom stereocenters. The summed E-state index contributed by atoms with van der Waals surface area (Å²) in [5.41, 5.74) is 11.0. The van der Waals surface area contributed by atoms with E-state index in [2.05, 4.69) is 16.6 Å². The van der Waals surface area contributed by atoms with Crippen molar-refractivity contribution in [1.82, 2.24) is 9.99 Å². The minimum Gasteiger partial charge on any atom is -0.494 e. The minimum atomic E-state index is -1.22. The molecule has 0 amide bonds. The van der Waals surface area contributed by atoms with Gasteiger partial charge in [0, 0.05) is 33.1 Å². The molecule has 4 N–H and O–H groups in total. The van der Waals surface area contributed by atoms with Gasteiger partial charge in [-0.15, -0.1) is 11.3 Å². The second-order valence-corrected chi connectivity index (χ2v) is 9.77. The maximum absolute atomic E-state index is 12.9. The Labute approximate surface area is 198 Å². The number of nitrogens with one attached hydrogen (secondary N) is 1. The third-order valence-electron chi connectivity index (χ3n) is 6.03. The number of hydrogen-bond donors (Lipinski definition) is 3. The fourth-order valence-corrected chi connectivity index (χ4v) is 5.68. The maximum Gasteiger partial charge on any atom is 0.341 e. The van der Waals surface area contributed by atoms with Gasteiger partial charge >= 0.3 is 5.97 Å². The third-order valence-corrected chi connectivity index (χ3v) is 7.35. The van der Waals surface area contributed by atoms with E-state index in [-0.39, 0.29) is 16.7 Å². The number of aryl methyl sites for hydroxylation is 1. The minimum absolute atomic E-state index is 0.125. The van der Waals surface area contributed by atoms with Crippen LogP contribution in [0.15, 0.2) is 34.3 Å². The van der Waals surface area contributed by atoms with E-state index in [1.807, 2.05) is 10.6 Å². The van der Waals surface area contributed by atoms with E-state index >= 15 is 0 Å². The monoisotopic (exact) mass is 482 g/mol. The molecule has 170 valence electrons. The summed E-state index contributed by atoms with van der Waals surface area (Å²) in [6.07, 6.45) is 6.10. The van der Waals surface area contributed by atoms with Gasteiger partial charge in [0.15, 0.2) is 10.9 Å². The van der Waals surface area contributed by atoms with Crippen LogP contribution in [0.4, 0.5) is 0 Å². The highest BCUT2D eigenvalue weighted by Crippen LogP contribution is 2.45. The number of thiocarbonyl (C=S) groups is 1. The van der Waals surface area contributed by atoms with Gasteiger partial charge in [-0.2, -0.15) is 5.10 Å². The quantitative estimate of drug-likeness (QED) is 0.375. The molecule has 5 rings (SSSR count). The normalized spacial score (nSPS) is 16.6. The molecule has 0 saturated heterocycles. The van der Waals surface area contributed by atoms with Crippen LogP contribution < -0.4 is 21.3 Å². The predicted molar refractivity (Wildman–Crippen MR) is 133 cm³/mol. The largest absolute Gasteiger partial charge is 0.494 e. The lowest BCUT2D eigenvalue weighted by molar-refractivity contribution is 0.0695. The molecule has 2 aromatic heterocycles. The molecule has 0 aliphatic heterocycles. The molecule has 10 heteroatoms. The molecule has 2 aliphatic carbocycles. The Morgan fingerprint density at radius 1 is 1.33 bits per heavy atom. The molecule has 1 saturated carbocycles. The van der Waals surface area contributed by atoms with E-state index in [0.29, 0.717) is 16.7 Å². The molecule has 3 aromatic rings. The number of methoxy groups -OCH3 is 1. The SMILES string of the molecule is COc1c(-c2cc3c(s2)CCC/C3=N/NC(N)=S)ccc2c(=O)c(C(=O)O)cn(C3CC3)c12. The molecule has 0 radical (unpaired) electrons. The molecule has 33 heavy (non-hydrogen) atoms. The Kier molecular flexibility index (Phi) is 5.41. The number of aromatic nitrogens is 1. The summed E-state index contributed by atoms with van der Waals surface area (Å²) in [5.74, 6) is -0.644. The number of ether oxygens (including phenoxy) is 1. The highest BCUT2D eigenvalue weighted by molar-refractivity contribution is 7.80. The van der Waals surface area contributed by atoms with Crippen LogP contribution >= 0.6 is 23.6 Å². The van der Waals surface area contributed by atoms with E-state index < -0.39 is 11.4 Å². The topological polar surface area (TPSA) is 119 Å². The van der Waals surface area contributed by atoms with Crippen molar-refractivity contribution >= 4 is 51.3 Å². The lowest BCUT2D eigenvalue weighted by Crippen LogP contribution is -2.26. The van der Waals surface area contributed by atoms with Gasteiger partial charge in [-0.1, -0.05) is 0 Å². The number of thiophene rings is 1. The van der Waals surface area contributed by atoms with Crippen molar-refractivity contribution in [3.63, 3.8) is 0 Å². The van der Waals surface area contributed by atoms with Crippen LogP contribution in [0.2, 0.25) is 0 Å². The fourth-order valence-electron chi connectivity index (χ4n) is 4.39. The Morgan fingerprint density at radius 3 is 2.79 bits per heavy atom. The molecule has 2 heterocycles. The summed E-state index contributed by atoms with van der Waals surface area (Å²) in [4.78, 5) is 26.8. The predicted octanol–water partition coefficient (Wildman–Crippen LogP) is 3.65. The van der Waals surface area contributed by atoms with Crippen molar-refractivity contribution in [3.8, 4) is 16.2 Å². The number of hydrazone groups is 1. The summed E-state index contributed by atoms with van der Waals surface area (Å²) in [6.45, 7) is 0. The van der Waals surface area contributed by atoms with E-state index in [1.54, 1.807) is 24.5 Å². The number of hydrogen-bond acceptors (Lipinski definition) is 6. The number of nitrogens with zero attached hydrogens (tertiary/aromatic N) is 2. The average Bonchev–Trinajstić information content (AvgIpc) is 3.54. The standard InChI is InChI=1S/C23H22N4O4S2/c1-31-21-12(18-9-14-16(25-26-23(24)32)3-2-4-17(14)33-18)7-8-13-19(21)27(11-5-6-11)10-15(20(13)28)22(29)30/h7-11H,2-6H2,1H3,(H,29,30)(H3,24,26,32)/b25-16-. The summed E-state index contributed by atoms with van der Waals surface area (Å²) in [7, 11) is 1.58. The number of carboxylic acids is 1. The van der Waals surface area contributed by atoms with Crippen LogP contribution in [0.3, 0.4) is 0 Å². The second kappa shape index (κ2) is 8.27. The van der Waals surface area contributed by atoms with Crippen LogP contribution in [0.25, 0.3) is 21.3 Å². The highest BCUT2D eigenvalue weighted by Gasteiger charge is 2.30. The van der Waals surface area contributed by atoms with Crippen LogP contribution in [0.1, 0.15) is 52.5 Å². The average molecular weight is 483 g/mol. The van der Waals surface area contributed by atoms with Gasteiger partial charge in [0.25, 0.3) is 0 Å². The van der Waals surface area contributed by atoms with Gasteiger partial charge in [0.05, 0.1) is 23.7 Å². The Bertz CT molecular complexity index is 1400. The van der Waals surface area contributed by atoms with Gasteiger partial charge < -0.3 is 20.1 Å². The summed E-state index contributed by atoms with van der Waals surface area (Å²) in [6, 6.07) is 5.81. The molecule has 1 aromatic carbocycles. The number of fused-ring (bicyclic) bond motifs is 2. The molecule has 0 bridgehead atoms. The maximum atomic E-state index is 12.9. The van der Waals surface area contributed by atoms with Gasteiger partial charge in [-0.3, -0.25) is 10.2 Å². The Morgan fingerprint density at radius 2 is 2.12 bits per heavy atom. The smallest absolute Gasteiger partial charge is 0.341 e. The number of benzene rings is 1. The first-order valence-corrected chi connectivity index (χ1v) is 11.9. The molecular weight excluding hydrogens is 460 g/mol. The fraction of sp³-hybridized carbons (Fsp3) is 0.304. The van der Waals surface area contributed by atoms with E-state index in [1.165, 1.54) is 11.1 Å². The molecular formula is C23H22N4O4S2. The van der Waals surface area contributed by atoms with Gasteiger partial charge in [-0.25, -0.2) is 4.79 Å². The van der Waals surface area contributed by atoms with E-state index in [0.717, 1.165) is 53.8 Å². The van der Waals surface area contributed by atoms with Crippen LogP contribution in [-0.2, 0) is 6.42 Å². The summed E-state index contributed by atoms with van der Waals surface area (Å²) >= 11 is 6.55. The first kappa shape index (κ1) is 21.6. The number of nitrogens with two attached hydrogens (primary N) is 1. The molecule has 0 unspecified atom stereocenters. The van der Waals surface area contributed by atoms with Crippen molar-refractivity contribution < 1.29 is 14.6 Å². The van der Waals surface area contributed by atoms with E-state index in [4.69, 9.17) is 22.7 Å². The van der Waals surface area contributed by atoms with Gasteiger partial charge in [0.2, 0.25) is 5.43 Å². The van der Waals surface area contributed by atoms with Crippen molar-refractivity contribution in [3.05, 3.63) is 50.6 Å². The van der Waals surface area contributed by atoms with Crippen molar-refractivity contribution in [1.29, 1.82) is 0 Å². The zero-order valence-corrected chi connectivity index (χ0v) is 19.5. The summed E-state index contributed by atoms with van der Waals surface area (Å²) < 4.78 is 7.75. The first-order valence-electron chi connectivity index (χ1n) is 10.6. The van der Waals surface area contributed by atoms with Crippen LogP contribution in [0, 0.1) is 0 Å². The van der Waals surface area contributed by atoms with Crippen LogP contribution in [-0.4, -0.2) is 33.6 Å². The number of pyridine rings is 1.